The number of amides is 1. The summed E-state index contributed by atoms with van der Waals surface area (Å²) < 4.78 is 13.6. The van der Waals surface area contributed by atoms with E-state index >= 15 is 0 Å². The highest BCUT2D eigenvalue weighted by molar-refractivity contribution is 5.94. The first kappa shape index (κ1) is 15.4. The molecule has 0 aromatic heterocycles. The summed E-state index contributed by atoms with van der Waals surface area (Å²) in [6, 6.07) is 3.45. The number of nitro benzene ring substituents is 1. The van der Waals surface area contributed by atoms with E-state index in [2.05, 4.69) is 6.92 Å². The van der Waals surface area contributed by atoms with Crippen LogP contribution in [0, 0.1) is 21.8 Å². The van der Waals surface area contributed by atoms with Gasteiger partial charge in [0.1, 0.15) is 0 Å². The molecular weight excluding hydrogens is 275 g/mol. The second kappa shape index (κ2) is 6.20. The van der Waals surface area contributed by atoms with Gasteiger partial charge in [-0.2, -0.15) is 4.39 Å². The van der Waals surface area contributed by atoms with Gasteiger partial charge in [-0.1, -0.05) is 19.8 Å². The fourth-order valence-electron chi connectivity index (χ4n) is 3.01. The maximum Gasteiger partial charge on any atom is 0.304 e. The normalized spacial score (nSPS) is 21.9. The van der Waals surface area contributed by atoms with E-state index in [9.17, 15) is 19.3 Å². The Morgan fingerprint density at radius 3 is 2.62 bits per heavy atom. The van der Waals surface area contributed by atoms with E-state index in [1.54, 1.807) is 11.9 Å². The highest BCUT2D eigenvalue weighted by atomic mass is 19.1. The number of benzene rings is 1. The molecule has 6 heteroatoms. The van der Waals surface area contributed by atoms with Gasteiger partial charge in [0.2, 0.25) is 5.82 Å². The van der Waals surface area contributed by atoms with Crippen LogP contribution < -0.4 is 0 Å². The van der Waals surface area contributed by atoms with Gasteiger partial charge < -0.3 is 4.90 Å². The Morgan fingerprint density at radius 1 is 1.38 bits per heavy atom. The number of nitro groups is 1. The van der Waals surface area contributed by atoms with Crippen molar-refractivity contribution in [3.8, 4) is 0 Å². The second-order valence-electron chi connectivity index (χ2n) is 5.67. The Bertz CT molecular complexity index is 562. The summed E-state index contributed by atoms with van der Waals surface area (Å²) in [5.74, 6) is -0.853. The second-order valence-corrected chi connectivity index (χ2v) is 5.67. The molecule has 0 bridgehead atoms. The van der Waals surface area contributed by atoms with E-state index in [-0.39, 0.29) is 17.5 Å². The number of halogens is 1. The summed E-state index contributed by atoms with van der Waals surface area (Å²) in [5.41, 5.74) is -0.460. The van der Waals surface area contributed by atoms with E-state index < -0.39 is 16.4 Å². The molecule has 5 nitrogen and oxygen atoms in total. The van der Waals surface area contributed by atoms with Crippen LogP contribution in [0.15, 0.2) is 18.2 Å². The molecule has 2 atom stereocenters. The molecule has 1 aromatic rings. The smallest absolute Gasteiger partial charge is 0.304 e. The lowest BCUT2D eigenvalue weighted by Gasteiger charge is -2.36. The van der Waals surface area contributed by atoms with Crippen molar-refractivity contribution in [3.63, 3.8) is 0 Å². The first-order chi connectivity index (χ1) is 9.91. The quantitative estimate of drug-likeness (QED) is 0.634. The minimum Gasteiger partial charge on any atom is -0.338 e. The van der Waals surface area contributed by atoms with Crippen LogP contribution in [0.2, 0.25) is 0 Å². The van der Waals surface area contributed by atoms with E-state index in [1.165, 1.54) is 12.5 Å². The standard InChI is InChI=1S/C15H19FN2O3/c1-10-5-3-4-6-13(10)17(2)15(19)11-7-8-14(18(20)21)12(16)9-11/h7-10,13H,3-6H2,1-2H3. The number of hydrogen-bond donors (Lipinski definition) is 0. The predicted molar refractivity (Wildman–Crippen MR) is 76.6 cm³/mol. The first-order valence-electron chi connectivity index (χ1n) is 7.13. The van der Waals surface area contributed by atoms with Crippen LogP contribution >= 0.6 is 0 Å². The monoisotopic (exact) mass is 294 g/mol. The molecule has 0 spiro atoms. The summed E-state index contributed by atoms with van der Waals surface area (Å²) in [4.78, 5) is 23.9. The van der Waals surface area contributed by atoms with Gasteiger partial charge in [-0.15, -0.1) is 0 Å². The lowest BCUT2D eigenvalue weighted by atomic mass is 9.85. The number of carbonyl (C=O) groups is 1. The van der Waals surface area contributed by atoms with Crippen LogP contribution in [0.25, 0.3) is 0 Å². The van der Waals surface area contributed by atoms with Crippen molar-refractivity contribution >= 4 is 11.6 Å². The van der Waals surface area contributed by atoms with Crippen LogP contribution in [-0.4, -0.2) is 28.8 Å². The van der Waals surface area contributed by atoms with Crippen molar-refractivity contribution < 1.29 is 14.1 Å². The molecule has 0 aliphatic heterocycles. The zero-order chi connectivity index (χ0) is 15.6. The fourth-order valence-corrected chi connectivity index (χ4v) is 3.01. The summed E-state index contributed by atoms with van der Waals surface area (Å²) in [6.45, 7) is 2.12. The Labute approximate surface area is 122 Å². The third-order valence-corrected chi connectivity index (χ3v) is 4.28. The zero-order valence-corrected chi connectivity index (χ0v) is 12.2. The molecule has 21 heavy (non-hydrogen) atoms. The molecular formula is C15H19FN2O3. The lowest BCUT2D eigenvalue weighted by molar-refractivity contribution is -0.387. The van der Waals surface area contributed by atoms with Gasteiger partial charge >= 0.3 is 5.69 Å². The summed E-state index contributed by atoms with van der Waals surface area (Å²) >= 11 is 0. The van der Waals surface area contributed by atoms with Gasteiger partial charge in [0.05, 0.1) is 4.92 Å². The van der Waals surface area contributed by atoms with Crippen molar-refractivity contribution in [2.24, 2.45) is 5.92 Å². The van der Waals surface area contributed by atoms with Crippen LogP contribution in [0.1, 0.15) is 43.0 Å². The van der Waals surface area contributed by atoms with Gasteiger partial charge in [-0.25, -0.2) is 0 Å². The lowest BCUT2D eigenvalue weighted by Crippen LogP contribution is -2.42. The molecule has 1 aliphatic carbocycles. The van der Waals surface area contributed by atoms with Crippen LogP contribution in [0.5, 0.6) is 0 Å². The van der Waals surface area contributed by atoms with Gasteiger partial charge in [0.25, 0.3) is 5.91 Å². The molecule has 1 saturated carbocycles. The van der Waals surface area contributed by atoms with Crippen molar-refractivity contribution in [1.29, 1.82) is 0 Å². The molecule has 1 amide bonds. The van der Waals surface area contributed by atoms with Crippen LogP contribution in [0.3, 0.4) is 0 Å². The number of hydrogen-bond acceptors (Lipinski definition) is 3. The number of carbonyl (C=O) groups excluding carboxylic acids is 1. The Morgan fingerprint density at radius 2 is 2.05 bits per heavy atom. The third-order valence-electron chi connectivity index (χ3n) is 4.28. The fraction of sp³-hybridized carbons (Fsp3) is 0.533. The van der Waals surface area contributed by atoms with Crippen LogP contribution in [-0.2, 0) is 0 Å². The topological polar surface area (TPSA) is 63.5 Å². The number of rotatable bonds is 3. The Hall–Kier alpha value is -1.98. The minimum absolute atomic E-state index is 0.143. The maximum absolute atomic E-state index is 13.6. The third kappa shape index (κ3) is 3.20. The molecule has 1 fully saturated rings. The molecule has 0 heterocycles. The van der Waals surface area contributed by atoms with Crippen molar-refractivity contribution in [3.05, 3.63) is 39.7 Å². The van der Waals surface area contributed by atoms with Gasteiger partial charge in [0, 0.05) is 24.7 Å². The first-order valence-corrected chi connectivity index (χ1v) is 7.13. The van der Waals surface area contributed by atoms with Gasteiger partial charge in [-0.3, -0.25) is 14.9 Å². The summed E-state index contributed by atoms with van der Waals surface area (Å²) in [7, 11) is 1.72. The highest BCUT2D eigenvalue weighted by Crippen LogP contribution is 2.28. The van der Waals surface area contributed by atoms with Crippen molar-refractivity contribution in [2.45, 2.75) is 38.6 Å². The SMILES string of the molecule is CC1CCCCC1N(C)C(=O)c1ccc([N+](=O)[O-])c(F)c1. The maximum atomic E-state index is 13.6. The highest BCUT2D eigenvalue weighted by Gasteiger charge is 2.29. The van der Waals surface area contributed by atoms with E-state index in [4.69, 9.17) is 0 Å². The van der Waals surface area contributed by atoms with Gasteiger partial charge in [-0.05, 0) is 30.9 Å². The molecule has 114 valence electrons. The summed E-state index contributed by atoms with van der Waals surface area (Å²) in [5, 5.41) is 10.6. The largest absolute Gasteiger partial charge is 0.338 e. The molecule has 0 N–H and O–H groups in total. The van der Waals surface area contributed by atoms with Crippen LogP contribution in [0.4, 0.5) is 10.1 Å². The molecule has 1 aromatic carbocycles. The average molecular weight is 294 g/mol. The van der Waals surface area contributed by atoms with E-state index in [1.807, 2.05) is 0 Å². The molecule has 0 saturated heterocycles. The number of nitrogens with zero attached hydrogens (tertiary/aromatic N) is 2. The molecule has 2 unspecified atom stereocenters. The molecule has 2 rings (SSSR count). The predicted octanol–water partition coefficient (Wildman–Crippen LogP) is 3.38. The minimum atomic E-state index is -0.976. The zero-order valence-electron chi connectivity index (χ0n) is 12.2. The summed E-state index contributed by atoms with van der Waals surface area (Å²) in [6.07, 6.45) is 4.28. The van der Waals surface area contributed by atoms with Gasteiger partial charge in [0.15, 0.2) is 0 Å². The van der Waals surface area contributed by atoms with Crippen molar-refractivity contribution in [2.75, 3.05) is 7.05 Å². The molecule has 1 aliphatic rings. The molecule has 0 radical (unpaired) electrons. The van der Waals surface area contributed by atoms with E-state index in [0.29, 0.717) is 5.92 Å². The van der Waals surface area contributed by atoms with E-state index in [0.717, 1.165) is 31.4 Å². The van der Waals surface area contributed by atoms with Crippen molar-refractivity contribution in [1.82, 2.24) is 4.90 Å². The average Bonchev–Trinajstić information content (AvgIpc) is 2.45. The Kier molecular flexibility index (Phi) is 4.55. The Balaban J connectivity index is 2.19.